The summed E-state index contributed by atoms with van der Waals surface area (Å²) in [5.74, 6) is 1.26. The summed E-state index contributed by atoms with van der Waals surface area (Å²) < 4.78 is 5.16. The molecule has 10 heteroatoms. The maximum absolute atomic E-state index is 12.2. The second kappa shape index (κ2) is 14.9. The standard InChI is InChI=1S/C31H40N6O3S/c1-7-25-26(19-32)29(35-28(27(25)33-5)37-16-8-15-36(6)17-18-37)41-21-23-11-9-22(10-12-23)13-14-24(38)20-34-30(39)40-31(2,3)4/h9-12H,7-8,13-18,20-21H2,1-4,6H3,(H,34,39). The van der Waals surface area contributed by atoms with E-state index in [1.165, 1.54) is 11.8 Å². The Balaban J connectivity index is 1.65. The van der Waals surface area contributed by atoms with Crippen molar-refractivity contribution in [3.63, 3.8) is 0 Å². The number of carbonyl (C=O) groups excluding carboxylic acids is 2. The molecule has 0 saturated carbocycles. The fraction of sp³-hybridized carbons (Fsp3) is 0.516. The first-order valence-corrected chi connectivity index (χ1v) is 15.0. The number of Topliss-reactive ketones (excluding diaryl/α,β-unsaturated/α-hetero) is 1. The van der Waals surface area contributed by atoms with E-state index in [1.54, 1.807) is 20.8 Å². The van der Waals surface area contributed by atoms with Crippen molar-refractivity contribution in [1.29, 1.82) is 5.26 Å². The number of carbonyl (C=O) groups is 2. The molecule has 218 valence electrons. The van der Waals surface area contributed by atoms with Gasteiger partial charge in [0.05, 0.1) is 18.7 Å². The minimum absolute atomic E-state index is 0.0555. The lowest BCUT2D eigenvalue weighted by Crippen LogP contribution is -2.35. The van der Waals surface area contributed by atoms with E-state index in [4.69, 9.17) is 16.3 Å². The number of rotatable bonds is 10. The first-order chi connectivity index (χ1) is 19.5. The maximum Gasteiger partial charge on any atom is 0.408 e. The van der Waals surface area contributed by atoms with Gasteiger partial charge in [-0.15, -0.1) is 11.8 Å². The SMILES string of the molecule is [C-]#[N+]c1c(N2CCCN(C)CC2)nc(SCc2ccc(CCC(=O)CNC(=O)OC(C)(C)C)cc2)c(C#N)c1CC. The van der Waals surface area contributed by atoms with Crippen LogP contribution in [0, 0.1) is 17.9 Å². The number of amides is 1. The van der Waals surface area contributed by atoms with Crippen molar-refractivity contribution < 1.29 is 14.3 Å². The lowest BCUT2D eigenvalue weighted by Gasteiger charge is -2.25. The largest absolute Gasteiger partial charge is 0.444 e. The van der Waals surface area contributed by atoms with Crippen molar-refractivity contribution in [2.45, 2.75) is 69.8 Å². The van der Waals surface area contributed by atoms with Crippen LogP contribution in [-0.2, 0) is 28.1 Å². The Kier molecular flexibility index (Phi) is 11.6. The highest BCUT2D eigenvalue weighted by atomic mass is 32.2. The molecule has 1 fully saturated rings. The molecule has 9 nitrogen and oxygen atoms in total. The second-order valence-corrected chi connectivity index (χ2v) is 12.1. The molecule has 1 aliphatic heterocycles. The number of hydrogen-bond donors (Lipinski definition) is 1. The van der Waals surface area contributed by atoms with Gasteiger partial charge in [0, 0.05) is 31.8 Å². The summed E-state index contributed by atoms with van der Waals surface area (Å²) in [6.07, 6.45) is 1.90. The summed E-state index contributed by atoms with van der Waals surface area (Å²) in [6, 6.07) is 10.4. The van der Waals surface area contributed by atoms with Gasteiger partial charge in [0.15, 0.2) is 5.78 Å². The predicted molar refractivity (Wildman–Crippen MR) is 162 cm³/mol. The number of ketones is 1. The Morgan fingerprint density at radius 3 is 2.51 bits per heavy atom. The van der Waals surface area contributed by atoms with Gasteiger partial charge in [-0.1, -0.05) is 31.2 Å². The van der Waals surface area contributed by atoms with Crippen LogP contribution in [0.3, 0.4) is 0 Å². The molecule has 41 heavy (non-hydrogen) atoms. The van der Waals surface area contributed by atoms with Crippen LogP contribution in [0.25, 0.3) is 4.85 Å². The number of hydrogen-bond acceptors (Lipinski definition) is 8. The van der Waals surface area contributed by atoms with E-state index in [2.05, 4.69) is 33.1 Å². The zero-order chi connectivity index (χ0) is 30.0. The lowest BCUT2D eigenvalue weighted by atomic mass is 10.1. The third-order valence-corrected chi connectivity index (χ3v) is 7.78. The smallest absolute Gasteiger partial charge is 0.408 e. The number of ether oxygens (including phenoxy) is 1. The molecule has 2 heterocycles. The molecule has 1 saturated heterocycles. The van der Waals surface area contributed by atoms with E-state index in [1.807, 2.05) is 31.2 Å². The van der Waals surface area contributed by atoms with E-state index in [-0.39, 0.29) is 12.3 Å². The number of aryl methyl sites for hydroxylation is 1. The Morgan fingerprint density at radius 2 is 1.88 bits per heavy atom. The number of anilines is 1. The van der Waals surface area contributed by atoms with Crippen molar-refractivity contribution in [3.05, 3.63) is 57.9 Å². The molecule has 0 aliphatic carbocycles. The minimum Gasteiger partial charge on any atom is -0.444 e. The third kappa shape index (κ3) is 9.48. The van der Waals surface area contributed by atoms with Gasteiger partial charge < -0.3 is 19.9 Å². The number of alkyl carbamates (subject to hydrolysis) is 1. The van der Waals surface area contributed by atoms with Crippen molar-refractivity contribution in [3.8, 4) is 6.07 Å². The van der Waals surface area contributed by atoms with Gasteiger partial charge in [0.2, 0.25) is 5.69 Å². The van der Waals surface area contributed by atoms with Gasteiger partial charge in [-0.05, 0) is 70.3 Å². The maximum atomic E-state index is 12.2. The first-order valence-electron chi connectivity index (χ1n) is 14.0. The van der Waals surface area contributed by atoms with Crippen LogP contribution in [0.2, 0.25) is 0 Å². The van der Waals surface area contributed by atoms with Crippen molar-refractivity contribution in [2.75, 3.05) is 44.7 Å². The van der Waals surface area contributed by atoms with Crippen LogP contribution in [-0.4, -0.2) is 67.1 Å². The number of nitrogens with zero attached hydrogens (tertiary/aromatic N) is 5. The Bertz CT molecular complexity index is 1310. The average molecular weight is 577 g/mol. The highest BCUT2D eigenvalue weighted by Crippen LogP contribution is 2.39. The number of likely N-dealkylation sites (N-methyl/N-ethyl adjacent to an activating group) is 1. The van der Waals surface area contributed by atoms with Gasteiger partial charge >= 0.3 is 6.09 Å². The van der Waals surface area contributed by atoms with Gasteiger partial charge in [-0.3, -0.25) is 4.79 Å². The van der Waals surface area contributed by atoms with Crippen LogP contribution in [0.1, 0.15) is 62.8 Å². The monoisotopic (exact) mass is 576 g/mol. The number of benzene rings is 1. The summed E-state index contributed by atoms with van der Waals surface area (Å²) in [4.78, 5) is 37.2. The Morgan fingerprint density at radius 1 is 1.17 bits per heavy atom. The molecule has 1 aromatic carbocycles. The fourth-order valence-corrected chi connectivity index (χ4v) is 5.52. The third-order valence-electron chi connectivity index (χ3n) is 6.74. The summed E-state index contributed by atoms with van der Waals surface area (Å²) in [7, 11) is 2.11. The van der Waals surface area contributed by atoms with Crippen molar-refractivity contribution in [1.82, 2.24) is 15.2 Å². The molecule has 1 aliphatic rings. The van der Waals surface area contributed by atoms with E-state index in [0.29, 0.717) is 47.1 Å². The number of nitrogens with one attached hydrogen (secondary N) is 1. The molecule has 1 amide bonds. The molecule has 0 spiro atoms. The van der Waals surface area contributed by atoms with E-state index in [9.17, 15) is 14.9 Å². The number of thioether (sulfide) groups is 1. The topological polar surface area (TPSA) is 103 Å². The Hall–Kier alpha value is -3.60. The summed E-state index contributed by atoms with van der Waals surface area (Å²) in [5, 5.41) is 13.2. The fourth-order valence-electron chi connectivity index (χ4n) is 4.56. The highest BCUT2D eigenvalue weighted by molar-refractivity contribution is 7.98. The molecule has 3 rings (SSSR count). The molecular weight excluding hydrogens is 536 g/mol. The van der Waals surface area contributed by atoms with Crippen molar-refractivity contribution in [2.24, 2.45) is 0 Å². The molecule has 0 unspecified atom stereocenters. The number of pyridine rings is 1. The summed E-state index contributed by atoms with van der Waals surface area (Å²) >= 11 is 1.51. The van der Waals surface area contributed by atoms with Crippen LogP contribution in [0.5, 0.6) is 0 Å². The molecule has 2 aromatic rings. The van der Waals surface area contributed by atoms with Crippen LogP contribution < -0.4 is 10.2 Å². The van der Waals surface area contributed by atoms with Crippen LogP contribution in [0.4, 0.5) is 16.3 Å². The Labute approximate surface area is 248 Å². The molecule has 0 atom stereocenters. The van der Waals surface area contributed by atoms with Crippen molar-refractivity contribution >= 4 is 35.1 Å². The predicted octanol–water partition coefficient (Wildman–Crippen LogP) is 5.53. The lowest BCUT2D eigenvalue weighted by molar-refractivity contribution is -0.118. The van der Waals surface area contributed by atoms with Crippen LogP contribution >= 0.6 is 11.8 Å². The first kappa shape index (κ1) is 31.9. The molecule has 0 radical (unpaired) electrons. The van der Waals surface area contributed by atoms with Gasteiger partial charge in [0.1, 0.15) is 22.5 Å². The molecule has 0 bridgehead atoms. The zero-order valence-corrected chi connectivity index (χ0v) is 25.6. The highest BCUT2D eigenvalue weighted by Gasteiger charge is 2.24. The molecular formula is C31H40N6O3S. The summed E-state index contributed by atoms with van der Waals surface area (Å²) in [5.41, 5.74) is 3.27. The molecule has 1 aromatic heterocycles. The zero-order valence-electron chi connectivity index (χ0n) is 24.7. The minimum atomic E-state index is -0.606. The number of nitriles is 1. The van der Waals surface area contributed by atoms with E-state index < -0.39 is 11.7 Å². The van der Waals surface area contributed by atoms with E-state index >= 15 is 0 Å². The van der Waals surface area contributed by atoms with Gasteiger partial charge in [-0.25, -0.2) is 14.6 Å². The normalized spacial score (nSPS) is 14.1. The number of aromatic nitrogens is 1. The van der Waals surface area contributed by atoms with E-state index in [0.717, 1.165) is 49.3 Å². The summed E-state index contributed by atoms with van der Waals surface area (Å²) in [6.45, 7) is 18.7. The van der Waals surface area contributed by atoms with Gasteiger partial charge in [0.25, 0.3) is 0 Å². The van der Waals surface area contributed by atoms with Gasteiger partial charge in [-0.2, -0.15) is 5.26 Å². The molecule has 1 N–H and O–H groups in total. The van der Waals surface area contributed by atoms with Crippen LogP contribution in [0.15, 0.2) is 29.3 Å². The second-order valence-electron chi connectivity index (χ2n) is 11.2. The average Bonchev–Trinajstić information content (AvgIpc) is 3.16. The quantitative estimate of drug-likeness (QED) is 0.291.